The van der Waals surface area contributed by atoms with Crippen LogP contribution in [0.2, 0.25) is 0 Å². The van der Waals surface area contributed by atoms with Gasteiger partial charge < -0.3 is 15.8 Å². The van der Waals surface area contributed by atoms with Gasteiger partial charge >= 0.3 is 0 Å². The molecule has 108 valence electrons. The van der Waals surface area contributed by atoms with Crippen LogP contribution in [0.25, 0.3) is 0 Å². The molecule has 0 unspecified atom stereocenters. The Bertz CT molecular complexity index is 687. The lowest BCUT2D eigenvalue weighted by molar-refractivity contribution is 0.102. The Labute approximate surface area is 126 Å². The lowest BCUT2D eigenvalue weighted by atomic mass is 10.1. The second-order valence-electron chi connectivity index (χ2n) is 4.25. The highest BCUT2D eigenvalue weighted by atomic mass is 32.1. The molecule has 0 saturated heterocycles. The Morgan fingerprint density at radius 1 is 1.19 bits per heavy atom. The van der Waals surface area contributed by atoms with E-state index < -0.39 is 5.82 Å². The minimum Gasteiger partial charge on any atom is -0.494 e. The standard InChI is InChI=1S/C15H13FN2O2S/c1-20-13-8-10(4-7-12(13)16)15(19)18-11-5-2-9(3-6-11)14(17)21/h2-8H,1H3,(H2,17,21)(H,18,19). The average molecular weight is 304 g/mol. The average Bonchev–Trinajstić information content (AvgIpc) is 2.48. The Hall–Kier alpha value is -2.47. The number of halogens is 1. The van der Waals surface area contributed by atoms with E-state index in [0.717, 1.165) is 0 Å². The monoisotopic (exact) mass is 304 g/mol. The van der Waals surface area contributed by atoms with E-state index in [0.29, 0.717) is 16.8 Å². The van der Waals surface area contributed by atoms with Crippen LogP contribution in [-0.2, 0) is 0 Å². The highest BCUT2D eigenvalue weighted by Crippen LogP contribution is 2.19. The normalized spacial score (nSPS) is 10.0. The van der Waals surface area contributed by atoms with E-state index in [2.05, 4.69) is 5.32 Å². The Morgan fingerprint density at radius 3 is 2.38 bits per heavy atom. The van der Waals surface area contributed by atoms with E-state index in [9.17, 15) is 9.18 Å². The van der Waals surface area contributed by atoms with Crippen molar-refractivity contribution < 1.29 is 13.9 Å². The van der Waals surface area contributed by atoms with Gasteiger partial charge in [-0.05, 0) is 42.5 Å². The zero-order chi connectivity index (χ0) is 15.4. The van der Waals surface area contributed by atoms with Gasteiger partial charge in [0.2, 0.25) is 0 Å². The summed E-state index contributed by atoms with van der Waals surface area (Å²) in [5, 5.41) is 2.69. The fourth-order valence-corrected chi connectivity index (χ4v) is 1.86. The summed E-state index contributed by atoms with van der Waals surface area (Å²) >= 11 is 4.85. The molecule has 21 heavy (non-hydrogen) atoms. The van der Waals surface area contributed by atoms with Gasteiger partial charge in [0.25, 0.3) is 5.91 Å². The molecule has 0 aliphatic rings. The summed E-state index contributed by atoms with van der Waals surface area (Å²) in [6, 6.07) is 10.7. The second-order valence-corrected chi connectivity index (χ2v) is 4.68. The molecule has 0 bridgehead atoms. The smallest absolute Gasteiger partial charge is 0.255 e. The van der Waals surface area contributed by atoms with Crippen LogP contribution in [0.1, 0.15) is 15.9 Å². The Balaban J connectivity index is 2.15. The second kappa shape index (κ2) is 6.32. The van der Waals surface area contributed by atoms with Gasteiger partial charge in [0, 0.05) is 16.8 Å². The number of benzene rings is 2. The van der Waals surface area contributed by atoms with Crippen molar-refractivity contribution in [2.45, 2.75) is 0 Å². The largest absolute Gasteiger partial charge is 0.494 e. The van der Waals surface area contributed by atoms with Gasteiger partial charge in [-0.1, -0.05) is 12.2 Å². The first kappa shape index (κ1) is 14.9. The van der Waals surface area contributed by atoms with Crippen LogP contribution in [0.3, 0.4) is 0 Å². The predicted molar refractivity (Wildman–Crippen MR) is 83.2 cm³/mol. The number of nitrogens with two attached hydrogens (primary N) is 1. The minimum absolute atomic E-state index is 0.0199. The number of carbonyl (C=O) groups is 1. The maximum atomic E-state index is 13.3. The molecular formula is C15H13FN2O2S. The lowest BCUT2D eigenvalue weighted by Crippen LogP contribution is -2.13. The van der Waals surface area contributed by atoms with Crippen LogP contribution in [0.5, 0.6) is 5.75 Å². The third-order valence-electron chi connectivity index (χ3n) is 2.84. The van der Waals surface area contributed by atoms with Gasteiger partial charge in [-0.3, -0.25) is 4.79 Å². The number of thiocarbonyl (C=S) groups is 1. The van der Waals surface area contributed by atoms with Crippen LogP contribution >= 0.6 is 12.2 Å². The molecule has 0 spiro atoms. The highest BCUT2D eigenvalue weighted by Gasteiger charge is 2.10. The Morgan fingerprint density at radius 2 is 1.81 bits per heavy atom. The minimum atomic E-state index is -0.519. The first-order valence-corrected chi connectivity index (χ1v) is 6.47. The van der Waals surface area contributed by atoms with Crippen LogP contribution in [0.15, 0.2) is 42.5 Å². The summed E-state index contributed by atoms with van der Waals surface area (Å²) in [7, 11) is 1.34. The molecule has 0 aromatic heterocycles. The first-order chi connectivity index (χ1) is 10.0. The number of nitrogens with one attached hydrogen (secondary N) is 1. The molecule has 4 nitrogen and oxygen atoms in total. The number of hydrogen-bond donors (Lipinski definition) is 2. The van der Waals surface area contributed by atoms with Crippen molar-refractivity contribution in [1.82, 2.24) is 0 Å². The molecule has 0 atom stereocenters. The molecule has 6 heteroatoms. The molecule has 3 N–H and O–H groups in total. The fraction of sp³-hybridized carbons (Fsp3) is 0.0667. The molecule has 1 amide bonds. The summed E-state index contributed by atoms with van der Waals surface area (Å²) in [5.41, 5.74) is 7.10. The number of methoxy groups -OCH3 is 1. The summed E-state index contributed by atoms with van der Waals surface area (Å²) < 4.78 is 18.1. The number of amides is 1. The van der Waals surface area contributed by atoms with Crippen molar-refractivity contribution in [3.8, 4) is 5.75 Å². The van der Waals surface area contributed by atoms with E-state index in [1.54, 1.807) is 24.3 Å². The van der Waals surface area contributed by atoms with Gasteiger partial charge in [-0.15, -0.1) is 0 Å². The van der Waals surface area contributed by atoms with E-state index in [-0.39, 0.29) is 16.6 Å². The highest BCUT2D eigenvalue weighted by molar-refractivity contribution is 7.80. The molecule has 2 aromatic carbocycles. The molecule has 0 saturated carbocycles. The SMILES string of the molecule is COc1cc(C(=O)Nc2ccc(C(N)=S)cc2)ccc1F. The predicted octanol–water partition coefficient (Wildman–Crippen LogP) is 2.72. The van der Waals surface area contributed by atoms with Crippen LogP contribution < -0.4 is 15.8 Å². The third-order valence-corrected chi connectivity index (χ3v) is 3.08. The summed E-state index contributed by atoms with van der Waals surface area (Å²) in [6.07, 6.45) is 0. The molecule has 2 rings (SSSR count). The molecule has 0 fully saturated rings. The van der Waals surface area contributed by atoms with Gasteiger partial charge in [0.1, 0.15) is 4.99 Å². The number of anilines is 1. The van der Waals surface area contributed by atoms with Crippen LogP contribution in [0, 0.1) is 5.82 Å². The van der Waals surface area contributed by atoms with Gasteiger partial charge in [-0.25, -0.2) is 4.39 Å². The summed E-state index contributed by atoms with van der Waals surface area (Å²) in [4.78, 5) is 12.4. The fourth-order valence-electron chi connectivity index (χ4n) is 1.72. The van der Waals surface area contributed by atoms with Crippen LogP contribution in [0.4, 0.5) is 10.1 Å². The number of carbonyl (C=O) groups excluding carboxylic acids is 1. The summed E-state index contributed by atoms with van der Waals surface area (Å²) in [5.74, 6) is -0.863. The van der Waals surface area contributed by atoms with Gasteiger partial charge in [0.15, 0.2) is 11.6 Å². The van der Waals surface area contributed by atoms with E-state index in [1.807, 2.05) is 0 Å². The van der Waals surface area contributed by atoms with E-state index in [1.165, 1.54) is 25.3 Å². The van der Waals surface area contributed by atoms with Crippen molar-refractivity contribution in [1.29, 1.82) is 0 Å². The first-order valence-electron chi connectivity index (χ1n) is 6.06. The zero-order valence-corrected chi connectivity index (χ0v) is 12.0. The number of rotatable bonds is 4. The van der Waals surface area contributed by atoms with Crippen molar-refractivity contribution in [3.05, 3.63) is 59.4 Å². The van der Waals surface area contributed by atoms with Crippen molar-refractivity contribution in [2.75, 3.05) is 12.4 Å². The van der Waals surface area contributed by atoms with E-state index in [4.69, 9.17) is 22.7 Å². The zero-order valence-electron chi connectivity index (χ0n) is 11.2. The maximum Gasteiger partial charge on any atom is 0.255 e. The topological polar surface area (TPSA) is 64.3 Å². The molecule has 0 heterocycles. The lowest BCUT2D eigenvalue weighted by Gasteiger charge is -2.08. The van der Waals surface area contributed by atoms with Crippen molar-refractivity contribution in [3.63, 3.8) is 0 Å². The molecule has 0 aliphatic heterocycles. The third kappa shape index (κ3) is 3.55. The summed E-state index contributed by atoms with van der Waals surface area (Å²) in [6.45, 7) is 0. The molecule has 0 aliphatic carbocycles. The molecule has 2 aromatic rings. The quantitative estimate of drug-likeness (QED) is 0.853. The van der Waals surface area contributed by atoms with Crippen molar-refractivity contribution >= 4 is 28.8 Å². The van der Waals surface area contributed by atoms with Crippen LogP contribution in [-0.4, -0.2) is 18.0 Å². The molecule has 0 radical (unpaired) electrons. The molecular weight excluding hydrogens is 291 g/mol. The van der Waals surface area contributed by atoms with Crippen molar-refractivity contribution in [2.24, 2.45) is 5.73 Å². The maximum absolute atomic E-state index is 13.3. The number of ether oxygens (including phenoxy) is 1. The van der Waals surface area contributed by atoms with E-state index >= 15 is 0 Å². The van der Waals surface area contributed by atoms with Gasteiger partial charge in [-0.2, -0.15) is 0 Å². The van der Waals surface area contributed by atoms with Gasteiger partial charge in [0.05, 0.1) is 7.11 Å². The number of hydrogen-bond acceptors (Lipinski definition) is 3. The Kier molecular flexibility index (Phi) is 4.49.